The molecular formula is C10H14N4. The van der Waals surface area contributed by atoms with Crippen molar-refractivity contribution in [2.24, 2.45) is 7.05 Å². The fourth-order valence-electron chi connectivity index (χ4n) is 1.51. The van der Waals surface area contributed by atoms with Crippen LogP contribution in [-0.4, -0.2) is 19.6 Å². The van der Waals surface area contributed by atoms with Gasteiger partial charge in [-0.05, 0) is 26.8 Å². The zero-order valence-electron chi connectivity index (χ0n) is 8.94. The minimum absolute atomic E-state index is 0.885. The van der Waals surface area contributed by atoms with E-state index in [0.717, 1.165) is 22.9 Å². The first kappa shape index (κ1) is 8.99. The summed E-state index contributed by atoms with van der Waals surface area (Å²) in [5.74, 6) is 0.885. The van der Waals surface area contributed by atoms with Crippen molar-refractivity contribution in [3.63, 3.8) is 0 Å². The number of nitrogens with zero attached hydrogens (tertiary/aromatic N) is 4. The van der Waals surface area contributed by atoms with E-state index in [2.05, 4.69) is 10.2 Å². The summed E-state index contributed by atoms with van der Waals surface area (Å²) in [5.41, 5.74) is 3.26. The molecule has 2 heterocycles. The largest absolute Gasteiger partial charge is 0.271 e. The molecule has 14 heavy (non-hydrogen) atoms. The topological polar surface area (TPSA) is 35.6 Å². The summed E-state index contributed by atoms with van der Waals surface area (Å²) in [7, 11) is 1.94. The summed E-state index contributed by atoms with van der Waals surface area (Å²) in [5, 5.41) is 8.75. The molecule has 2 aromatic heterocycles. The molecule has 0 N–H and O–H groups in total. The highest BCUT2D eigenvalue weighted by atomic mass is 15.4. The second-order valence-electron chi connectivity index (χ2n) is 3.61. The highest BCUT2D eigenvalue weighted by Gasteiger charge is 2.07. The van der Waals surface area contributed by atoms with Gasteiger partial charge in [-0.15, -0.1) is 0 Å². The van der Waals surface area contributed by atoms with E-state index in [1.165, 1.54) is 0 Å². The maximum absolute atomic E-state index is 4.38. The van der Waals surface area contributed by atoms with Gasteiger partial charge >= 0.3 is 0 Å². The van der Waals surface area contributed by atoms with Gasteiger partial charge in [-0.3, -0.25) is 4.68 Å². The zero-order valence-corrected chi connectivity index (χ0v) is 8.94. The molecule has 0 unspecified atom stereocenters. The molecule has 74 valence electrons. The Kier molecular flexibility index (Phi) is 1.91. The normalized spacial score (nSPS) is 10.9. The molecule has 4 heteroatoms. The molecule has 0 aliphatic rings. The average Bonchev–Trinajstić information content (AvgIpc) is 2.57. The third-order valence-corrected chi connectivity index (χ3v) is 2.33. The standard InChI is InChI=1S/C10H14N4/c1-7-5-9(3)14(11-7)10-6-8(2)13(4)12-10/h5-6H,1-4H3. The Morgan fingerprint density at radius 1 is 1.00 bits per heavy atom. The van der Waals surface area contributed by atoms with Crippen LogP contribution in [0.3, 0.4) is 0 Å². The first-order valence-electron chi connectivity index (χ1n) is 4.62. The molecule has 2 rings (SSSR count). The van der Waals surface area contributed by atoms with Gasteiger partial charge < -0.3 is 0 Å². The molecule has 0 aliphatic carbocycles. The lowest BCUT2D eigenvalue weighted by Crippen LogP contribution is -2.01. The van der Waals surface area contributed by atoms with Gasteiger partial charge in [0, 0.05) is 24.5 Å². The van der Waals surface area contributed by atoms with Crippen LogP contribution in [0, 0.1) is 20.8 Å². The Hall–Kier alpha value is -1.58. The van der Waals surface area contributed by atoms with Crippen molar-refractivity contribution in [1.29, 1.82) is 0 Å². The van der Waals surface area contributed by atoms with Gasteiger partial charge in [0.15, 0.2) is 5.82 Å². The Morgan fingerprint density at radius 2 is 1.71 bits per heavy atom. The van der Waals surface area contributed by atoms with Gasteiger partial charge in [0.25, 0.3) is 0 Å². The second-order valence-corrected chi connectivity index (χ2v) is 3.61. The van der Waals surface area contributed by atoms with E-state index < -0.39 is 0 Å². The van der Waals surface area contributed by atoms with Crippen LogP contribution in [0.2, 0.25) is 0 Å². The summed E-state index contributed by atoms with van der Waals surface area (Å²) in [6, 6.07) is 4.07. The maximum Gasteiger partial charge on any atom is 0.175 e. The minimum atomic E-state index is 0.885. The van der Waals surface area contributed by atoms with Crippen LogP contribution < -0.4 is 0 Å². The lowest BCUT2D eigenvalue weighted by atomic mass is 10.4. The minimum Gasteiger partial charge on any atom is -0.271 e. The highest BCUT2D eigenvalue weighted by molar-refractivity contribution is 5.27. The van der Waals surface area contributed by atoms with Crippen molar-refractivity contribution in [1.82, 2.24) is 19.6 Å². The second kappa shape index (κ2) is 2.97. The van der Waals surface area contributed by atoms with Crippen molar-refractivity contribution in [3.8, 4) is 5.82 Å². The molecule has 0 saturated heterocycles. The average molecular weight is 190 g/mol. The summed E-state index contributed by atoms with van der Waals surface area (Å²) >= 11 is 0. The summed E-state index contributed by atoms with van der Waals surface area (Å²) in [6.45, 7) is 6.05. The van der Waals surface area contributed by atoms with Crippen molar-refractivity contribution < 1.29 is 0 Å². The molecule has 0 aliphatic heterocycles. The molecule has 0 fully saturated rings. The lowest BCUT2D eigenvalue weighted by molar-refractivity contribution is 0.706. The number of hydrogen-bond donors (Lipinski definition) is 0. The van der Waals surface area contributed by atoms with Gasteiger partial charge in [0.1, 0.15) is 0 Å². The van der Waals surface area contributed by atoms with Crippen LogP contribution in [0.1, 0.15) is 17.1 Å². The van der Waals surface area contributed by atoms with Gasteiger partial charge in [-0.2, -0.15) is 10.2 Å². The van der Waals surface area contributed by atoms with E-state index in [-0.39, 0.29) is 0 Å². The molecule has 0 spiro atoms. The van der Waals surface area contributed by atoms with Crippen LogP contribution in [0.5, 0.6) is 0 Å². The van der Waals surface area contributed by atoms with Crippen LogP contribution >= 0.6 is 0 Å². The van der Waals surface area contributed by atoms with Crippen LogP contribution in [0.15, 0.2) is 12.1 Å². The van der Waals surface area contributed by atoms with Crippen molar-refractivity contribution in [2.45, 2.75) is 20.8 Å². The third kappa shape index (κ3) is 1.32. The number of rotatable bonds is 1. The van der Waals surface area contributed by atoms with Gasteiger partial charge in [-0.1, -0.05) is 0 Å². The summed E-state index contributed by atoms with van der Waals surface area (Å²) in [4.78, 5) is 0. The number of aryl methyl sites for hydroxylation is 4. The Labute approximate surface area is 83.2 Å². The molecule has 2 aromatic rings. The van der Waals surface area contributed by atoms with E-state index in [4.69, 9.17) is 0 Å². The molecule has 0 atom stereocenters. The van der Waals surface area contributed by atoms with E-state index in [9.17, 15) is 0 Å². The Balaban J connectivity index is 2.54. The summed E-state index contributed by atoms with van der Waals surface area (Å²) < 4.78 is 3.72. The predicted molar refractivity (Wildman–Crippen MR) is 54.5 cm³/mol. The molecule has 0 aromatic carbocycles. The molecule has 0 bridgehead atoms. The zero-order chi connectivity index (χ0) is 10.3. The quantitative estimate of drug-likeness (QED) is 0.683. The van der Waals surface area contributed by atoms with E-state index in [0.29, 0.717) is 0 Å². The van der Waals surface area contributed by atoms with Gasteiger partial charge in [-0.25, -0.2) is 4.68 Å². The molecule has 0 amide bonds. The van der Waals surface area contributed by atoms with Gasteiger partial charge in [0.2, 0.25) is 0 Å². The van der Waals surface area contributed by atoms with Crippen molar-refractivity contribution in [3.05, 3.63) is 29.2 Å². The number of aromatic nitrogens is 4. The first-order valence-corrected chi connectivity index (χ1v) is 4.62. The smallest absolute Gasteiger partial charge is 0.175 e. The van der Waals surface area contributed by atoms with E-state index in [1.54, 1.807) is 0 Å². The van der Waals surface area contributed by atoms with Crippen LogP contribution in [0.25, 0.3) is 5.82 Å². The molecule has 4 nitrogen and oxygen atoms in total. The van der Waals surface area contributed by atoms with Crippen molar-refractivity contribution >= 4 is 0 Å². The van der Waals surface area contributed by atoms with Crippen LogP contribution in [0.4, 0.5) is 0 Å². The highest BCUT2D eigenvalue weighted by Crippen LogP contribution is 2.11. The number of hydrogen-bond acceptors (Lipinski definition) is 2. The SMILES string of the molecule is Cc1cc(C)n(-c2cc(C)n(C)n2)n1. The maximum atomic E-state index is 4.38. The fourth-order valence-corrected chi connectivity index (χ4v) is 1.51. The van der Waals surface area contributed by atoms with E-state index in [1.807, 2.05) is 49.3 Å². The van der Waals surface area contributed by atoms with Crippen molar-refractivity contribution in [2.75, 3.05) is 0 Å². The lowest BCUT2D eigenvalue weighted by Gasteiger charge is -1.97. The molecule has 0 radical (unpaired) electrons. The molecular weight excluding hydrogens is 176 g/mol. The fraction of sp³-hybridized carbons (Fsp3) is 0.400. The first-order chi connectivity index (χ1) is 6.58. The summed E-state index contributed by atoms with van der Waals surface area (Å²) in [6.07, 6.45) is 0. The van der Waals surface area contributed by atoms with E-state index >= 15 is 0 Å². The Bertz CT molecular complexity index is 445. The third-order valence-electron chi connectivity index (χ3n) is 2.33. The predicted octanol–water partition coefficient (Wildman–Crippen LogP) is 1.53. The van der Waals surface area contributed by atoms with Crippen LogP contribution in [-0.2, 0) is 7.05 Å². The van der Waals surface area contributed by atoms with Gasteiger partial charge in [0.05, 0.1) is 5.69 Å². The monoisotopic (exact) mass is 190 g/mol. The molecule has 0 saturated carbocycles. The Morgan fingerprint density at radius 3 is 2.14 bits per heavy atom.